The smallest absolute Gasteiger partial charge is 0.137 e. The van der Waals surface area contributed by atoms with Crippen molar-refractivity contribution in [2.75, 3.05) is 4.90 Å². The van der Waals surface area contributed by atoms with Crippen LogP contribution in [0, 0.1) is 0 Å². The molecule has 0 spiro atoms. The lowest BCUT2D eigenvalue weighted by Crippen LogP contribution is -2.09. The van der Waals surface area contributed by atoms with Gasteiger partial charge < -0.3 is 13.7 Å². The second-order valence-electron chi connectivity index (χ2n) is 12.3. The summed E-state index contributed by atoms with van der Waals surface area (Å²) in [7, 11) is 0. The molecule has 7 aromatic carbocycles. The predicted molar refractivity (Wildman–Crippen MR) is 207 cm³/mol. The molecular formula is C43H24N2O2S2. The molecule has 230 valence electrons. The summed E-state index contributed by atoms with van der Waals surface area (Å²) < 4.78 is 16.5. The molecule has 0 saturated carbocycles. The Hall–Kier alpha value is -5.95. The monoisotopic (exact) mass is 664 g/mol. The minimum Gasteiger partial charge on any atom is -0.456 e. The lowest BCUT2D eigenvalue weighted by molar-refractivity contribution is 0.668. The molecule has 0 aliphatic rings. The van der Waals surface area contributed by atoms with Gasteiger partial charge in [-0.25, -0.2) is 4.98 Å². The van der Waals surface area contributed by atoms with Crippen LogP contribution in [0.1, 0.15) is 0 Å². The fourth-order valence-corrected chi connectivity index (χ4v) is 9.49. The SMILES string of the molecule is c1ccc(-c2nc3ccc4oc5ccc(N(c6ccc7c(c6)oc6ccccc67)c6ccc7c(c6)sc6ccccc67)cc5c4c3s2)cc1. The number of rotatable bonds is 4. The van der Waals surface area contributed by atoms with Crippen molar-refractivity contribution in [3.63, 3.8) is 0 Å². The highest BCUT2D eigenvalue weighted by Crippen LogP contribution is 2.45. The Balaban J connectivity index is 1.15. The van der Waals surface area contributed by atoms with E-state index in [1.807, 2.05) is 29.5 Å². The minimum absolute atomic E-state index is 0.855. The van der Waals surface area contributed by atoms with E-state index >= 15 is 0 Å². The number of nitrogens with zero attached hydrogens (tertiary/aromatic N) is 2. The maximum absolute atomic E-state index is 6.45. The molecular weight excluding hydrogens is 641 g/mol. The molecule has 0 radical (unpaired) electrons. The van der Waals surface area contributed by atoms with Crippen molar-refractivity contribution < 1.29 is 8.83 Å². The number of fused-ring (bicyclic) bond motifs is 11. The average molecular weight is 665 g/mol. The topological polar surface area (TPSA) is 42.4 Å². The van der Waals surface area contributed by atoms with E-state index in [0.717, 1.165) is 81.7 Å². The Labute approximate surface area is 287 Å². The van der Waals surface area contributed by atoms with E-state index in [2.05, 4.69) is 132 Å². The normalized spacial score (nSPS) is 12.1. The Morgan fingerprint density at radius 3 is 2.02 bits per heavy atom. The zero-order valence-corrected chi connectivity index (χ0v) is 27.5. The van der Waals surface area contributed by atoms with E-state index in [9.17, 15) is 0 Å². The molecule has 0 fully saturated rings. The number of para-hydroxylation sites is 1. The van der Waals surface area contributed by atoms with Gasteiger partial charge in [-0.2, -0.15) is 0 Å². The van der Waals surface area contributed by atoms with Crippen LogP contribution in [-0.2, 0) is 0 Å². The van der Waals surface area contributed by atoms with Crippen molar-refractivity contribution >= 4 is 114 Å². The van der Waals surface area contributed by atoms with Crippen LogP contribution in [-0.4, -0.2) is 4.98 Å². The number of hydrogen-bond donors (Lipinski definition) is 0. The number of anilines is 3. The Kier molecular flexibility index (Phi) is 5.67. The molecule has 0 saturated heterocycles. The van der Waals surface area contributed by atoms with Gasteiger partial charge >= 0.3 is 0 Å². The summed E-state index contributed by atoms with van der Waals surface area (Å²) >= 11 is 3.55. The minimum atomic E-state index is 0.855. The molecule has 0 aliphatic heterocycles. The molecule has 0 N–H and O–H groups in total. The van der Waals surface area contributed by atoms with Gasteiger partial charge in [0.05, 0.1) is 10.2 Å². The van der Waals surface area contributed by atoms with Gasteiger partial charge in [-0.3, -0.25) is 0 Å². The van der Waals surface area contributed by atoms with Gasteiger partial charge in [-0.1, -0.05) is 72.8 Å². The molecule has 0 bridgehead atoms. The van der Waals surface area contributed by atoms with Gasteiger partial charge in [0.1, 0.15) is 27.3 Å². The molecule has 6 heteroatoms. The molecule has 49 heavy (non-hydrogen) atoms. The Bertz CT molecular complexity index is 2960. The summed E-state index contributed by atoms with van der Waals surface area (Å²) in [4.78, 5) is 7.35. The number of furan rings is 2. The highest BCUT2D eigenvalue weighted by molar-refractivity contribution is 7.25. The van der Waals surface area contributed by atoms with Crippen LogP contribution in [0.5, 0.6) is 0 Å². The van der Waals surface area contributed by atoms with Gasteiger partial charge in [-0.05, 0) is 66.7 Å². The summed E-state index contributed by atoms with van der Waals surface area (Å²) in [5.74, 6) is 0. The summed E-state index contributed by atoms with van der Waals surface area (Å²) in [6.07, 6.45) is 0. The second kappa shape index (κ2) is 10.3. The van der Waals surface area contributed by atoms with Gasteiger partial charge in [0.25, 0.3) is 0 Å². The largest absolute Gasteiger partial charge is 0.456 e. The number of thiazole rings is 1. The van der Waals surface area contributed by atoms with Gasteiger partial charge in [-0.15, -0.1) is 22.7 Å². The average Bonchev–Trinajstić information content (AvgIpc) is 3.92. The van der Waals surface area contributed by atoms with Crippen LogP contribution in [0.25, 0.3) is 84.8 Å². The van der Waals surface area contributed by atoms with Crippen molar-refractivity contribution in [3.05, 3.63) is 146 Å². The van der Waals surface area contributed by atoms with Crippen molar-refractivity contribution in [2.45, 2.75) is 0 Å². The molecule has 0 aliphatic carbocycles. The highest BCUT2D eigenvalue weighted by atomic mass is 32.1. The van der Waals surface area contributed by atoms with E-state index in [1.54, 1.807) is 11.3 Å². The lowest BCUT2D eigenvalue weighted by atomic mass is 10.1. The zero-order valence-electron chi connectivity index (χ0n) is 25.9. The number of benzene rings is 7. The highest BCUT2D eigenvalue weighted by Gasteiger charge is 2.20. The van der Waals surface area contributed by atoms with Crippen molar-refractivity contribution in [1.82, 2.24) is 4.98 Å². The maximum atomic E-state index is 6.45. The summed E-state index contributed by atoms with van der Waals surface area (Å²) in [5, 5.41) is 7.97. The van der Waals surface area contributed by atoms with Gasteiger partial charge in [0.15, 0.2) is 0 Å². The van der Waals surface area contributed by atoms with Crippen molar-refractivity contribution in [2.24, 2.45) is 0 Å². The quantitative estimate of drug-likeness (QED) is 0.188. The summed E-state index contributed by atoms with van der Waals surface area (Å²) in [6, 6.07) is 51.2. The van der Waals surface area contributed by atoms with Crippen LogP contribution in [0.3, 0.4) is 0 Å². The first kappa shape index (κ1) is 27.0. The standard InChI is InChI=1S/C43H24N2O2S2/c1-2-8-25(9-3-1)43-44-34-19-21-37-41(42(34)49-43)33-22-26(16-20-36(33)46-37)45(27-14-17-30-29-10-4-6-12-35(29)47-38(30)23-27)28-15-18-32-31-11-5-7-13-39(31)48-40(32)24-28/h1-24H. The van der Waals surface area contributed by atoms with Gasteiger partial charge in [0.2, 0.25) is 0 Å². The fraction of sp³-hybridized carbons (Fsp3) is 0. The number of thiophene rings is 1. The second-order valence-corrected chi connectivity index (χ2v) is 14.4. The zero-order chi connectivity index (χ0) is 32.1. The number of aromatic nitrogens is 1. The number of hydrogen-bond acceptors (Lipinski definition) is 6. The van der Waals surface area contributed by atoms with E-state index in [1.165, 1.54) is 20.2 Å². The molecule has 4 heterocycles. The lowest BCUT2D eigenvalue weighted by Gasteiger charge is -2.25. The van der Waals surface area contributed by atoms with Crippen LogP contribution in [0.4, 0.5) is 17.1 Å². The van der Waals surface area contributed by atoms with Gasteiger partial charge in [0, 0.05) is 70.4 Å². The van der Waals surface area contributed by atoms with E-state index in [0.29, 0.717) is 0 Å². The third-order valence-electron chi connectivity index (χ3n) is 9.49. The first-order chi connectivity index (χ1) is 24.2. The molecule has 11 rings (SSSR count). The molecule has 4 aromatic heterocycles. The fourth-order valence-electron chi connectivity index (χ4n) is 7.23. The van der Waals surface area contributed by atoms with Crippen LogP contribution < -0.4 is 4.90 Å². The third kappa shape index (κ3) is 4.11. The maximum Gasteiger partial charge on any atom is 0.137 e. The van der Waals surface area contributed by atoms with Crippen LogP contribution >= 0.6 is 22.7 Å². The van der Waals surface area contributed by atoms with E-state index in [4.69, 9.17) is 13.8 Å². The molecule has 0 unspecified atom stereocenters. The molecule has 11 aromatic rings. The third-order valence-corrected chi connectivity index (χ3v) is 11.8. The van der Waals surface area contributed by atoms with E-state index in [-0.39, 0.29) is 0 Å². The molecule has 0 amide bonds. The van der Waals surface area contributed by atoms with Crippen LogP contribution in [0.15, 0.2) is 154 Å². The Morgan fingerprint density at radius 1 is 0.449 bits per heavy atom. The first-order valence-corrected chi connectivity index (χ1v) is 17.8. The summed E-state index contributed by atoms with van der Waals surface area (Å²) in [5.41, 5.74) is 8.71. The van der Waals surface area contributed by atoms with Crippen LogP contribution in [0.2, 0.25) is 0 Å². The first-order valence-electron chi connectivity index (χ1n) is 16.2. The van der Waals surface area contributed by atoms with Crippen molar-refractivity contribution in [1.29, 1.82) is 0 Å². The summed E-state index contributed by atoms with van der Waals surface area (Å²) in [6.45, 7) is 0. The molecule has 4 nitrogen and oxygen atoms in total. The Morgan fingerprint density at radius 2 is 1.10 bits per heavy atom. The molecule has 0 atom stereocenters. The predicted octanol–water partition coefficient (Wildman–Crippen LogP) is 13.6. The van der Waals surface area contributed by atoms with Crippen molar-refractivity contribution in [3.8, 4) is 10.6 Å². The van der Waals surface area contributed by atoms with E-state index < -0.39 is 0 Å².